The van der Waals surface area contributed by atoms with E-state index in [1.54, 1.807) is 4.90 Å². The minimum atomic E-state index is -0.126. The highest BCUT2D eigenvalue weighted by molar-refractivity contribution is 6.02. The van der Waals surface area contributed by atoms with Crippen LogP contribution in [-0.4, -0.2) is 13.1 Å². The predicted octanol–water partition coefficient (Wildman–Crippen LogP) is 5.27. The number of aryl methyl sites for hydroxylation is 2. The second-order valence-corrected chi connectivity index (χ2v) is 7.03. The van der Waals surface area contributed by atoms with E-state index in [-0.39, 0.29) is 11.4 Å². The van der Waals surface area contributed by atoms with Gasteiger partial charge < -0.3 is 5.32 Å². The van der Waals surface area contributed by atoms with Gasteiger partial charge in [0.25, 0.3) is 0 Å². The highest BCUT2D eigenvalue weighted by atomic mass is 16.2. The summed E-state index contributed by atoms with van der Waals surface area (Å²) in [6.45, 7) is 10.5. The van der Waals surface area contributed by atoms with Gasteiger partial charge >= 0.3 is 6.03 Å². The molecule has 0 atom stereocenters. The topological polar surface area (TPSA) is 32.3 Å². The van der Waals surface area contributed by atoms with Crippen LogP contribution in [0.5, 0.6) is 0 Å². The van der Waals surface area contributed by atoms with Crippen molar-refractivity contribution in [2.45, 2.75) is 40.0 Å². The molecule has 122 valence electrons. The first kappa shape index (κ1) is 17.1. The van der Waals surface area contributed by atoms with Gasteiger partial charge in [0.05, 0.1) is 5.69 Å². The zero-order valence-electron chi connectivity index (χ0n) is 14.9. The van der Waals surface area contributed by atoms with Crippen LogP contribution in [0.25, 0.3) is 0 Å². The third kappa shape index (κ3) is 3.73. The Bertz CT molecular complexity index is 694. The molecule has 2 aromatic rings. The maximum absolute atomic E-state index is 12.7. The molecule has 0 bridgehead atoms. The zero-order valence-corrected chi connectivity index (χ0v) is 14.9. The number of para-hydroxylation sites is 2. The zero-order chi connectivity index (χ0) is 17.2. The van der Waals surface area contributed by atoms with Crippen LogP contribution in [0, 0.1) is 13.8 Å². The first-order chi connectivity index (χ1) is 10.7. The normalized spacial score (nSPS) is 11.2. The van der Waals surface area contributed by atoms with Crippen molar-refractivity contribution < 1.29 is 4.79 Å². The summed E-state index contributed by atoms with van der Waals surface area (Å²) < 4.78 is 0. The Labute approximate surface area is 139 Å². The molecule has 0 aliphatic carbocycles. The van der Waals surface area contributed by atoms with Gasteiger partial charge in [-0.1, -0.05) is 57.2 Å². The first-order valence-electron chi connectivity index (χ1n) is 7.92. The van der Waals surface area contributed by atoms with Crippen LogP contribution in [0.2, 0.25) is 0 Å². The summed E-state index contributed by atoms with van der Waals surface area (Å²) in [6.07, 6.45) is 0. The first-order valence-corrected chi connectivity index (χ1v) is 7.92. The van der Waals surface area contributed by atoms with E-state index in [0.717, 1.165) is 28.1 Å². The van der Waals surface area contributed by atoms with E-state index in [2.05, 4.69) is 32.2 Å². The van der Waals surface area contributed by atoms with Crippen molar-refractivity contribution in [1.82, 2.24) is 0 Å². The van der Waals surface area contributed by atoms with Gasteiger partial charge in [-0.3, -0.25) is 4.90 Å². The lowest BCUT2D eigenvalue weighted by Gasteiger charge is -2.26. The molecule has 0 aliphatic rings. The summed E-state index contributed by atoms with van der Waals surface area (Å²) in [5.74, 6) is 0. The van der Waals surface area contributed by atoms with Crippen molar-refractivity contribution in [3.8, 4) is 0 Å². The fourth-order valence-electron chi connectivity index (χ4n) is 2.88. The van der Waals surface area contributed by atoms with Crippen LogP contribution < -0.4 is 10.2 Å². The Morgan fingerprint density at radius 1 is 0.957 bits per heavy atom. The molecule has 0 saturated heterocycles. The number of nitrogens with one attached hydrogen (secondary N) is 1. The largest absolute Gasteiger partial charge is 0.326 e. The molecule has 0 spiro atoms. The van der Waals surface area contributed by atoms with Crippen LogP contribution in [-0.2, 0) is 5.41 Å². The minimum absolute atomic E-state index is 0.0268. The maximum Gasteiger partial charge on any atom is 0.326 e. The van der Waals surface area contributed by atoms with Gasteiger partial charge in [-0.05, 0) is 42.0 Å². The molecular weight excluding hydrogens is 284 g/mol. The fourth-order valence-corrected chi connectivity index (χ4v) is 2.88. The molecule has 1 N–H and O–H groups in total. The molecule has 0 aliphatic heterocycles. The highest BCUT2D eigenvalue weighted by Gasteiger charge is 2.21. The lowest BCUT2D eigenvalue weighted by Crippen LogP contribution is -2.33. The Kier molecular flexibility index (Phi) is 4.79. The van der Waals surface area contributed by atoms with Crippen molar-refractivity contribution in [3.05, 3.63) is 59.2 Å². The number of benzene rings is 2. The predicted molar refractivity (Wildman–Crippen MR) is 98.5 cm³/mol. The summed E-state index contributed by atoms with van der Waals surface area (Å²) in [6, 6.07) is 13.9. The van der Waals surface area contributed by atoms with E-state index in [4.69, 9.17) is 0 Å². The Morgan fingerprint density at radius 2 is 1.52 bits per heavy atom. The van der Waals surface area contributed by atoms with Gasteiger partial charge in [0.15, 0.2) is 0 Å². The van der Waals surface area contributed by atoms with Crippen molar-refractivity contribution in [2.75, 3.05) is 17.3 Å². The molecule has 0 unspecified atom stereocenters. The number of amides is 2. The maximum atomic E-state index is 12.7. The minimum Gasteiger partial charge on any atom is -0.307 e. The lowest BCUT2D eigenvalue weighted by atomic mass is 9.86. The molecule has 23 heavy (non-hydrogen) atoms. The number of carbonyl (C=O) groups excluding carboxylic acids is 1. The molecule has 2 amide bonds. The average Bonchev–Trinajstić information content (AvgIpc) is 2.46. The van der Waals surface area contributed by atoms with Crippen molar-refractivity contribution in [3.63, 3.8) is 0 Å². The van der Waals surface area contributed by atoms with E-state index >= 15 is 0 Å². The Balaban J connectivity index is 2.30. The van der Waals surface area contributed by atoms with E-state index in [0.29, 0.717) is 0 Å². The van der Waals surface area contributed by atoms with Gasteiger partial charge in [0.2, 0.25) is 0 Å². The number of hydrogen-bond acceptors (Lipinski definition) is 1. The van der Waals surface area contributed by atoms with Gasteiger partial charge in [-0.15, -0.1) is 0 Å². The van der Waals surface area contributed by atoms with Gasteiger partial charge in [-0.2, -0.15) is 0 Å². The van der Waals surface area contributed by atoms with Crippen LogP contribution in [0.1, 0.15) is 37.5 Å². The highest BCUT2D eigenvalue weighted by Crippen LogP contribution is 2.30. The summed E-state index contributed by atoms with van der Waals surface area (Å²) >= 11 is 0. The third-order valence-corrected chi connectivity index (χ3v) is 4.06. The summed E-state index contributed by atoms with van der Waals surface area (Å²) in [4.78, 5) is 14.4. The molecule has 3 heteroatoms. The van der Waals surface area contributed by atoms with Crippen molar-refractivity contribution >= 4 is 17.4 Å². The molecular formula is C20H26N2O. The Morgan fingerprint density at radius 3 is 2.09 bits per heavy atom. The average molecular weight is 310 g/mol. The molecule has 0 heterocycles. The Hall–Kier alpha value is -2.29. The lowest BCUT2D eigenvalue weighted by molar-refractivity contribution is 0.258. The summed E-state index contributed by atoms with van der Waals surface area (Å²) in [7, 11) is 1.81. The van der Waals surface area contributed by atoms with Crippen molar-refractivity contribution in [2.24, 2.45) is 0 Å². The molecule has 0 radical (unpaired) electrons. The molecule has 2 aromatic carbocycles. The van der Waals surface area contributed by atoms with Gasteiger partial charge in [-0.25, -0.2) is 4.79 Å². The number of rotatable bonds is 2. The number of urea groups is 1. The molecule has 0 aromatic heterocycles. The smallest absolute Gasteiger partial charge is 0.307 e. The second kappa shape index (κ2) is 6.45. The number of carbonyl (C=O) groups is 1. The summed E-state index contributed by atoms with van der Waals surface area (Å²) in [5, 5.41) is 3.06. The van der Waals surface area contributed by atoms with Gasteiger partial charge in [0.1, 0.15) is 0 Å². The molecule has 3 nitrogen and oxygen atoms in total. The number of anilines is 2. The van der Waals surface area contributed by atoms with Gasteiger partial charge in [0, 0.05) is 12.7 Å². The number of nitrogens with zero attached hydrogens (tertiary/aromatic N) is 1. The standard InChI is InChI=1S/C20H26N2O/c1-14-10-9-11-15(2)18(14)22(6)19(23)21-17-13-8-7-12-16(17)20(3,4)5/h7-13H,1-6H3,(H,21,23). The van der Waals surface area contributed by atoms with Crippen molar-refractivity contribution in [1.29, 1.82) is 0 Å². The quantitative estimate of drug-likeness (QED) is 0.805. The SMILES string of the molecule is Cc1cccc(C)c1N(C)C(=O)Nc1ccccc1C(C)(C)C. The van der Waals surface area contributed by atoms with Crippen LogP contribution in [0.4, 0.5) is 16.2 Å². The number of hydrogen-bond donors (Lipinski definition) is 1. The summed E-state index contributed by atoms with van der Waals surface area (Å²) in [5.41, 5.74) is 5.10. The van der Waals surface area contributed by atoms with E-state index in [9.17, 15) is 4.79 Å². The monoisotopic (exact) mass is 310 g/mol. The van der Waals surface area contributed by atoms with E-state index < -0.39 is 0 Å². The van der Waals surface area contributed by atoms with Crippen LogP contribution in [0.15, 0.2) is 42.5 Å². The fraction of sp³-hybridized carbons (Fsp3) is 0.350. The molecule has 0 fully saturated rings. The molecule has 0 saturated carbocycles. The van der Waals surface area contributed by atoms with Crippen LogP contribution in [0.3, 0.4) is 0 Å². The van der Waals surface area contributed by atoms with E-state index in [1.165, 1.54) is 0 Å². The third-order valence-electron chi connectivity index (χ3n) is 4.06. The van der Waals surface area contributed by atoms with E-state index in [1.807, 2.05) is 57.3 Å². The molecule has 2 rings (SSSR count). The van der Waals surface area contributed by atoms with Crippen LogP contribution >= 0.6 is 0 Å². The second-order valence-electron chi connectivity index (χ2n) is 7.03.